The van der Waals surface area contributed by atoms with Gasteiger partial charge in [0.25, 0.3) is 0 Å². The van der Waals surface area contributed by atoms with Crippen LogP contribution in [0.3, 0.4) is 0 Å². The van der Waals surface area contributed by atoms with E-state index in [1.165, 1.54) is 6.08 Å². The first-order chi connectivity index (χ1) is 30.2. The van der Waals surface area contributed by atoms with Crippen LogP contribution in [0.2, 0.25) is 0 Å². The van der Waals surface area contributed by atoms with Crippen LogP contribution in [0.15, 0.2) is 48.6 Å². The molecule has 12 atom stereocenters. The summed E-state index contributed by atoms with van der Waals surface area (Å²) in [6, 6.07) is 10.3. The number of hydrogen-bond acceptors (Lipinski definition) is 15. The second-order valence-electron chi connectivity index (χ2n) is 20.0. The van der Waals surface area contributed by atoms with Gasteiger partial charge in [0, 0.05) is 47.7 Å². The molecule has 12 aliphatic rings. The monoisotopic (exact) mass is 859 g/mol. The van der Waals surface area contributed by atoms with Crippen LogP contribution in [0.4, 0.5) is 0 Å². The summed E-state index contributed by atoms with van der Waals surface area (Å²) in [5.41, 5.74) is 0.642. The highest BCUT2D eigenvalue weighted by Crippen LogP contribution is 2.66. The molecule has 9 N–H and O–H groups in total. The maximum absolute atomic E-state index is 12.4. The summed E-state index contributed by atoms with van der Waals surface area (Å²) in [7, 11) is 0. The minimum Gasteiger partial charge on any atom is -0.504 e. The number of ketones is 3. The highest BCUT2D eigenvalue weighted by Gasteiger charge is 2.74. The van der Waals surface area contributed by atoms with Crippen LogP contribution in [-0.4, -0.2) is 121 Å². The fourth-order valence-electron chi connectivity index (χ4n) is 15.3. The third kappa shape index (κ3) is 4.22. The Morgan fingerprint density at radius 1 is 0.508 bits per heavy atom. The quantitative estimate of drug-likeness (QED) is 0.153. The van der Waals surface area contributed by atoms with Crippen molar-refractivity contribution in [2.45, 2.75) is 134 Å². The second kappa shape index (κ2) is 12.2. The Hall–Kier alpha value is -5.03. The Morgan fingerprint density at radius 3 is 1.38 bits per heavy atom. The molecule has 3 aromatic carbocycles. The molecule has 3 spiro atoms. The third-order valence-corrected chi connectivity index (χ3v) is 17.9. The highest BCUT2D eigenvalue weighted by molar-refractivity contribution is 5.99. The number of benzene rings is 3. The summed E-state index contributed by atoms with van der Waals surface area (Å²) < 4.78 is 17.6. The fraction of sp³-hybridized carbons (Fsp3) is 0.521. The van der Waals surface area contributed by atoms with Crippen molar-refractivity contribution in [1.82, 2.24) is 16.0 Å². The van der Waals surface area contributed by atoms with Crippen LogP contribution in [0.25, 0.3) is 0 Å². The summed E-state index contributed by atoms with van der Waals surface area (Å²) >= 11 is 0. The Balaban J connectivity index is 0.0000000957. The summed E-state index contributed by atoms with van der Waals surface area (Å²) in [5.74, 6) is 1.38. The van der Waals surface area contributed by atoms with E-state index < -0.39 is 51.4 Å². The van der Waals surface area contributed by atoms with Gasteiger partial charge in [0.2, 0.25) is 0 Å². The van der Waals surface area contributed by atoms with Gasteiger partial charge in [0.05, 0.1) is 27.4 Å². The number of hydrogen-bond donors (Lipinski definition) is 9. The largest absolute Gasteiger partial charge is 0.504 e. The van der Waals surface area contributed by atoms with Crippen molar-refractivity contribution in [1.29, 1.82) is 0 Å². The van der Waals surface area contributed by atoms with Gasteiger partial charge in [0.1, 0.15) is 5.60 Å². The molecule has 0 amide bonds. The first-order valence-corrected chi connectivity index (χ1v) is 22.5. The van der Waals surface area contributed by atoms with Crippen LogP contribution >= 0.6 is 0 Å². The predicted octanol–water partition coefficient (Wildman–Crippen LogP) is 0.985. The lowest BCUT2D eigenvalue weighted by Crippen LogP contribution is -2.76. The van der Waals surface area contributed by atoms with Crippen LogP contribution in [0, 0.1) is 0 Å². The molecule has 63 heavy (non-hydrogen) atoms. The van der Waals surface area contributed by atoms with E-state index in [2.05, 4.69) is 16.0 Å². The molecule has 6 heterocycles. The van der Waals surface area contributed by atoms with E-state index in [9.17, 15) is 45.0 Å². The lowest BCUT2D eigenvalue weighted by atomic mass is 9.49. The number of phenols is 3. The zero-order valence-electron chi connectivity index (χ0n) is 34.4. The van der Waals surface area contributed by atoms with Gasteiger partial charge in [0.15, 0.2) is 70.2 Å². The zero-order chi connectivity index (χ0) is 43.2. The van der Waals surface area contributed by atoms with Gasteiger partial charge in [-0.1, -0.05) is 18.2 Å². The van der Waals surface area contributed by atoms with E-state index in [0.717, 1.165) is 53.0 Å². The van der Waals surface area contributed by atoms with E-state index in [1.54, 1.807) is 24.3 Å². The number of ether oxygens (including phenoxy) is 3. The molecule has 3 aromatic rings. The number of aromatic hydroxyl groups is 3. The number of carbonyl (C=O) groups is 3. The normalized spacial score (nSPS) is 42.2. The van der Waals surface area contributed by atoms with E-state index in [-0.39, 0.29) is 52.7 Å². The van der Waals surface area contributed by atoms with Crippen LogP contribution in [0.1, 0.15) is 78.3 Å². The molecule has 15 heteroatoms. The molecule has 2 saturated carbocycles. The Morgan fingerprint density at radius 2 is 0.905 bits per heavy atom. The molecule has 0 radical (unpaired) electrons. The molecule has 5 fully saturated rings. The summed E-state index contributed by atoms with van der Waals surface area (Å²) in [5, 5.41) is 74.9. The van der Waals surface area contributed by atoms with Crippen LogP contribution in [-0.2, 0) is 49.9 Å². The molecule has 6 bridgehead atoms. The van der Waals surface area contributed by atoms with E-state index in [4.69, 9.17) is 14.2 Å². The van der Waals surface area contributed by atoms with Crippen LogP contribution in [0.5, 0.6) is 34.5 Å². The Bertz CT molecular complexity index is 2540. The highest BCUT2D eigenvalue weighted by atomic mass is 16.5. The second-order valence-corrected chi connectivity index (χ2v) is 20.0. The van der Waals surface area contributed by atoms with Gasteiger partial charge in [-0.15, -0.1) is 0 Å². The Kier molecular flexibility index (Phi) is 7.44. The van der Waals surface area contributed by atoms with Crippen molar-refractivity contribution >= 4 is 17.3 Å². The lowest BCUT2D eigenvalue weighted by Gasteiger charge is -2.59. The number of Topliss-reactive ketones (excluding diaryl/α,β-unsaturated/α-hetero) is 2. The molecule has 328 valence electrons. The molecule has 15 nitrogen and oxygen atoms in total. The maximum atomic E-state index is 12.4. The lowest BCUT2D eigenvalue weighted by molar-refractivity contribution is -0.166. The molecule has 6 unspecified atom stereocenters. The predicted molar refractivity (Wildman–Crippen MR) is 220 cm³/mol. The minimum atomic E-state index is -1.14. The van der Waals surface area contributed by atoms with Gasteiger partial charge in [-0.05, 0) is 118 Å². The number of aliphatic hydroxyl groups is 3. The van der Waals surface area contributed by atoms with Crippen LogP contribution < -0.4 is 30.2 Å². The summed E-state index contributed by atoms with van der Waals surface area (Å²) in [4.78, 5) is 37.2. The SMILES string of the molecule is O=C1C=C[C@@]2(O)C3Cc4ccc(O)c5c4C2(CCN3)[C@H]1O5.O=C1CC[C@@]2(O)C3Cc4ccc(O)c5c4C2(CCN3)[C@H]1O5.O=C1CC[C@@]2(O)C3Cc4ccc(O)c5c4C2(CCN3)[C@H]1O5. The van der Waals surface area contributed by atoms with Crippen molar-refractivity contribution in [3.8, 4) is 34.5 Å². The number of piperidine rings is 3. The average molecular weight is 860 g/mol. The smallest absolute Gasteiger partial charge is 0.196 e. The number of phenolic OH excluding ortho intramolecular Hbond substituents is 3. The van der Waals surface area contributed by atoms with Crippen molar-refractivity contribution < 1.29 is 59.2 Å². The number of rotatable bonds is 0. The molecule has 15 rings (SSSR count). The van der Waals surface area contributed by atoms with Gasteiger partial charge < -0.3 is 60.8 Å². The molecule has 6 aliphatic heterocycles. The van der Waals surface area contributed by atoms with E-state index in [1.807, 2.05) is 18.2 Å². The van der Waals surface area contributed by atoms with E-state index >= 15 is 0 Å². The third-order valence-electron chi connectivity index (χ3n) is 17.9. The van der Waals surface area contributed by atoms with Crippen molar-refractivity contribution in [2.75, 3.05) is 19.6 Å². The van der Waals surface area contributed by atoms with Gasteiger partial charge in [-0.25, -0.2) is 0 Å². The zero-order valence-corrected chi connectivity index (χ0v) is 34.4. The standard InChI is InChI=1S/2C16H17NO4.C16H15NO4/c3*18-9-2-1-8-7-11-16(20)4-3-10(19)14-15(16,5-6-17-11)12(8)13(9)21-14/h2*1-2,11,14,17-18,20H,3-7H2;1-4,11,14,17-18,20H,5-7H2/t3*11?,14-,15?,16+/m000/s1. The van der Waals surface area contributed by atoms with Crippen molar-refractivity contribution in [3.05, 3.63) is 81.9 Å². The first-order valence-electron chi connectivity index (χ1n) is 22.5. The average Bonchev–Trinajstić information content (AvgIpc) is 3.92. The number of nitrogens with one attached hydrogen (secondary N) is 3. The minimum absolute atomic E-state index is 0.0452. The molecular weight excluding hydrogens is 811 g/mol. The summed E-state index contributed by atoms with van der Waals surface area (Å²) in [6.45, 7) is 2.24. The first kappa shape index (κ1) is 38.4. The number of carbonyl (C=O) groups excluding carboxylic acids is 3. The van der Waals surface area contributed by atoms with Crippen molar-refractivity contribution in [2.24, 2.45) is 0 Å². The van der Waals surface area contributed by atoms with Gasteiger partial charge in [-0.2, -0.15) is 0 Å². The molecule has 6 aliphatic carbocycles. The topological polar surface area (TPSA) is 236 Å². The van der Waals surface area contributed by atoms with Gasteiger partial charge in [-0.3, -0.25) is 14.4 Å². The van der Waals surface area contributed by atoms with Crippen molar-refractivity contribution in [3.63, 3.8) is 0 Å². The van der Waals surface area contributed by atoms with E-state index in [0.29, 0.717) is 81.5 Å². The summed E-state index contributed by atoms with van der Waals surface area (Å²) in [6.07, 6.45) is 6.68. The van der Waals surface area contributed by atoms with Gasteiger partial charge >= 0.3 is 0 Å². The Labute approximate surface area is 361 Å². The molecule has 0 aromatic heterocycles. The fourth-order valence-corrected chi connectivity index (χ4v) is 15.3. The molecule has 3 saturated heterocycles. The maximum Gasteiger partial charge on any atom is 0.196 e. The molecular formula is C48H49N3O12.